The summed E-state index contributed by atoms with van der Waals surface area (Å²) in [5.74, 6) is -0.557. The lowest BCUT2D eigenvalue weighted by Crippen LogP contribution is -2.27. The number of hydrogen-bond acceptors (Lipinski definition) is 3. The van der Waals surface area contributed by atoms with E-state index >= 15 is 0 Å². The van der Waals surface area contributed by atoms with Crippen LogP contribution < -0.4 is 10.6 Å². The van der Waals surface area contributed by atoms with Crippen molar-refractivity contribution in [2.75, 3.05) is 10.6 Å². The van der Waals surface area contributed by atoms with Gasteiger partial charge in [0.15, 0.2) is 0 Å². The van der Waals surface area contributed by atoms with Gasteiger partial charge >= 0.3 is 12.3 Å². The van der Waals surface area contributed by atoms with Gasteiger partial charge in [0.05, 0.1) is 16.9 Å². The average molecular weight is 372 g/mol. The molecule has 144 valence electrons. The Hall–Kier alpha value is -2.51. The van der Waals surface area contributed by atoms with Crippen LogP contribution in [0.5, 0.6) is 0 Å². The molecule has 0 unspecified atom stereocenters. The molecular formula is C18H23F3N2O3. The van der Waals surface area contributed by atoms with Crippen LogP contribution in [0, 0.1) is 0 Å². The average Bonchev–Trinajstić information content (AvgIpc) is 2.46. The standard InChI is InChI=1S/C18H23F3N2O3/c1-6-7-11(2)15(24)22-14-10-12(18(19,20)21)8-9-13(14)23-16(25)26-17(3,4)5/h7-10H,6H2,1-5H3,(H,22,24)(H,23,25)/b11-7-. The number of carbonyl (C=O) groups is 2. The third-order valence-electron chi connectivity index (χ3n) is 3.10. The number of benzene rings is 1. The fraction of sp³-hybridized carbons (Fsp3) is 0.444. The molecule has 0 bridgehead atoms. The Morgan fingerprint density at radius 3 is 2.23 bits per heavy atom. The molecule has 0 aromatic heterocycles. The van der Waals surface area contributed by atoms with E-state index < -0.39 is 29.3 Å². The van der Waals surface area contributed by atoms with Gasteiger partial charge in [-0.05, 0) is 52.3 Å². The fourth-order valence-electron chi connectivity index (χ4n) is 1.97. The van der Waals surface area contributed by atoms with E-state index in [9.17, 15) is 22.8 Å². The van der Waals surface area contributed by atoms with Gasteiger partial charge in [0.1, 0.15) is 5.60 Å². The molecule has 1 aromatic rings. The number of amides is 2. The van der Waals surface area contributed by atoms with Gasteiger partial charge in [-0.2, -0.15) is 13.2 Å². The highest BCUT2D eigenvalue weighted by molar-refractivity contribution is 6.06. The second-order valence-electron chi connectivity index (χ2n) is 6.63. The van der Waals surface area contributed by atoms with E-state index in [-0.39, 0.29) is 11.4 Å². The lowest BCUT2D eigenvalue weighted by molar-refractivity contribution is -0.137. The summed E-state index contributed by atoms with van der Waals surface area (Å²) in [6, 6.07) is 2.65. The van der Waals surface area contributed by atoms with Crippen molar-refractivity contribution in [1.29, 1.82) is 0 Å². The number of ether oxygens (including phenoxy) is 1. The third kappa shape index (κ3) is 6.78. The molecule has 0 spiro atoms. The van der Waals surface area contributed by atoms with E-state index in [2.05, 4.69) is 10.6 Å². The molecule has 5 nitrogen and oxygen atoms in total. The zero-order valence-corrected chi connectivity index (χ0v) is 15.4. The topological polar surface area (TPSA) is 67.4 Å². The summed E-state index contributed by atoms with van der Waals surface area (Å²) >= 11 is 0. The minimum absolute atomic E-state index is 0.00454. The fourth-order valence-corrected chi connectivity index (χ4v) is 1.97. The van der Waals surface area contributed by atoms with E-state index in [1.807, 2.05) is 6.92 Å². The van der Waals surface area contributed by atoms with E-state index in [0.29, 0.717) is 12.0 Å². The molecule has 0 heterocycles. The molecule has 2 N–H and O–H groups in total. The molecule has 0 aliphatic carbocycles. The summed E-state index contributed by atoms with van der Waals surface area (Å²) in [6.07, 6.45) is -3.18. The summed E-state index contributed by atoms with van der Waals surface area (Å²) in [4.78, 5) is 24.0. The minimum atomic E-state index is -4.59. The van der Waals surface area contributed by atoms with E-state index in [0.717, 1.165) is 18.2 Å². The first-order valence-corrected chi connectivity index (χ1v) is 8.03. The summed E-state index contributed by atoms with van der Waals surface area (Å²) < 4.78 is 44.0. The minimum Gasteiger partial charge on any atom is -0.444 e. The van der Waals surface area contributed by atoms with Gasteiger partial charge < -0.3 is 10.1 Å². The van der Waals surface area contributed by atoms with Crippen molar-refractivity contribution in [1.82, 2.24) is 0 Å². The highest BCUT2D eigenvalue weighted by atomic mass is 19.4. The van der Waals surface area contributed by atoms with Crippen LogP contribution in [0.15, 0.2) is 29.8 Å². The predicted molar refractivity (Wildman–Crippen MR) is 94.0 cm³/mol. The highest BCUT2D eigenvalue weighted by Crippen LogP contribution is 2.34. The van der Waals surface area contributed by atoms with Gasteiger partial charge in [-0.25, -0.2) is 4.79 Å². The van der Waals surface area contributed by atoms with Crippen molar-refractivity contribution < 1.29 is 27.5 Å². The Labute approximate surface area is 150 Å². The number of hydrogen-bond donors (Lipinski definition) is 2. The second kappa shape index (κ2) is 8.25. The van der Waals surface area contributed by atoms with Crippen LogP contribution in [0.1, 0.15) is 46.6 Å². The van der Waals surface area contributed by atoms with Crippen LogP contribution >= 0.6 is 0 Å². The van der Waals surface area contributed by atoms with Gasteiger partial charge in [-0.15, -0.1) is 0 Å². The third-order valence-corrected chi connectivity index (χ3v) is 3.10. The number of allylic oxidation sites excluding steroid dienone is 1. The first-order chi connectivity index (χ1) is 11.8. The normalized spacial score (nSPS) is 12.5. The summed E-state index contributed by atoms with van der Waals surface area (Å²) in [6.45, 7) is 8.34. The molecule has 0 saturated heterocycles. The van der Waals surface area contributed by atoms with Crippen LogP contribution in [-0.2, 0) is 15.7 Å². The summed E-state index contributed by atoms with van der Waals surface area (Å²) in [5, 5.41) is 4.76. The smallest absolute Gasteiger partial charge is 0.416 e. The molecule has 1 aromatic carbocycles. The molecular weight excluding hydrogens is 349 g/mol. The van der Waals surface area contributed by atoms with Crippen molar-refractivity contribution in [3.63, 3.8) is 0 Å². The van der Waals surface area contributed by atoms with Crippen molar-refractivity contribution in [2.24, 2.45) is 0 Å². The Balaban J connectivity index is 3.18. The summed E-state index contributed by atoms with van der Waals surface area (Å²) in [7, 11) is 0. The molecule has 0 saturated carbocycles. The van der Waals surface area contributed by atoms with E-state index in [1.54, 1.807) is 33.8 Å². The molecule has 0 fully saturated rings. The summed E-state index contributed by atoms with van der Waals surface area (Å²) in [5.41, 5.74) is -1.53. The van der Waals surface area contributed by atoms with Gasteiger partial charge in [-0.3, -0.25) is 10.1 Å². The van der Waals surface area contributed by atoms with Crippen molar-refractivity contribution in [2.45, 2.75) is 52.8 Å². The van der Waals surface area contributed by atoms with E-state index in [4.69, 9.17) is 4.74 Å². The van der Waals surface area contributed by atoms with Gasteiger partial charge in [0.2, 0.25) is 0 Å². The second-order valence-corrected chi connectivity index (χ2v) is 6.63. The lowest BCUT2D eigenvalue weighted by atomic mass is 10.1. The van der Waals surface area contributed by atoms with Crippen molar-refractivity contribution in [3.05, 3.63) is 35.4 Å². The van der Waals surface area contributed by atoms with Crippen LogP contribution in [-0.4, -0.2) is 17.6 Å². The molecule has 0 atom stereocenters. The van der Waals surface area contributed by atoms with Crippen LogP contribution in [0.4, 0.5) is 29.3 Å². The van der Waals surface area contributed by atoms with Crippen LogP contribution in [0.3, 0.4) is 0 Å². The maximum absolute atomic E-state index is 13.0. The quantitative estimate of drug-likeness (QED) is 0.701. The predicted octanol–water partition coefficient (Wildman–Crippen LogP) is 5.35. The Kier molecular flexibility index (Phi) is 6.83. The molecule has 0 radical (unpaired) electrons. The highest BCUT2D eigenvalue weighted by Gasteiger charge is 2.31. The maximum Gasteiger partial charge on any atom is 0.416 e. The van der Waals surface area contributed by atoms with Crippen molar-refractivity contribution >= 4 is 23.4 Å². The molecule has 1 rings (SSSR count). The van der Waals surface area contributed by atoms with E-state index in [1.165, 1.54) is 0 Å². The molecule has 8 heteroatoms. The number of halogens is 3. The number of nitrogens with one attached hydrogen (secondary N) is 2. The number of alkyl halides is 3. The number of carbonyl (C=O) groups excluding carboxylic acids is 2. The first-order valence-electron chi connectivity index (χ1n) is 8.03. The van der Waals surface area contributed by atoms with Crippen molar-refractivity contribution in [3.8, 4) is 0 Å². The Morgan fingerprint density at radius 2 is 1.73 bits per heavy atom. The molecule has 26 heavy (non-hydrogen) atoms. The largest absolute Gasteiger partial charge is 0.444 e. The Bertz CT molecular complexity index is 705. The molecule has 2 amide bonds. The SMILES string of the molecule is CC/C=C(/C)C(=O)Nc1cc(C(F)(F)F)ccc1NC(=O)OC(C)(C)C. The monoisotopic (exact) mass is 372 g/mol. The zero-order chi connectivity index (χ0) is 20.1. The molecule has 0 aliphatic heterocycles. The number of anilines is 2. The Morgan fingerprint density at radius 1 is 1.12 bits per heavy atom. The van der Waals surface area contributed by atoms with Gasteiger partial charge in [0, 0.05) is 5.57 Å². The number of rotatable bonds is 4. The van der Waals surface area contributed by atoms with Crippen LogP contribution in [0.2, 0.25) is 0 Å². The first kappa shape index (κ1) is 21.5. The molecule has 0 aliphatic rings. The zero-order valence-electron chi connectivity index (χ0n) is 15.4. The van der Waals surface area contributed by atoms with Gasteiger partial charge in [-0.1, -0.05) is 13.0 Å². The van der Waals surface area contributed by atoms with Gasteiger partial charge in [0.25, 0.3) is 5.91 Å². The van der Waals surface area contributed by atoms with Crippen LogP contribution in [0.25, 0.3) is 0 Å². The maximum atomic E-state index is 13.0. The lowest BCUT2D eigenvalue weighted by Gasteiger charge is -2.21.